The van der Waals surface area contributed by atoms with E-state index in [1.807, 2.05) is 42.5 Å². The first-order valence-corrected chi connectivity index (χ1v) is 7.61. The fraction of sp³-hybridized carbons (Fsp3) is 0.235. The van der Waals surface area contributed by atoms with Gasteiger partial charge < -0.3 is 5.11 Å². The number of anilines is 1. The van der Waals surface area contributed by atoms with Crippen LogP contribution in [0, 0.1) is 5.92 Å². The number of hydrogen-bond acceptors (Lipinski definition) is 4. The number of amides is 1. The molecule has 6 nitrogen and oxygen atoms in total. The highest BCUT2D eigenvalue weighted by atomic mass is 16.3. The molecule has 3 aromatic rings. The molecular formula is C17H16N4O2. The van der Waals surface area contributed by atoms with Gasteiger partial charge in [-0.25, -0.2) is 4.52 Å². The van der Waals surface area contributed by atoms with Crippen LogP contribution in [0.2, 0.25) is 0 Å². The molecule has 2 aromatic heterocycles. The van der Waals surface area contributed by atoms with Gasteiger partial charge in [0, 0.05) is 11.5 Å². The lowest BCUT2D eigenvalue weighted by atomic mass is 10.1. The zero-order chi connectivity index (χ0) is 15.8. The number of aliphatic hydroxyl groups excluding tert-OH is 1. The molecular weight excluding hydrogens is 292 g/mol. The van der Waals surface area contributed by atoms with Crippen molar-refractivity contribution >= 4 is 17.5 Å². The number of nitrogens with one attached hydrogen (secondary N) is 1. The number of pyridine rings is 1. The smallest absolute Gasteiger partial charge is 0.249 e. The Kier molecular flexibility index (Phi) is 3.31. The van der Waals surface area contributed by atoms with Crippen molar-refractivity contribution in [2.45, 2.75) is 19.4 Å². The van der Waals surface area contributed by atoms with Crippen LogP contribution in [0.3, 0.4) is 0 Å². The predicted octanol–water partition coefficient (Wildman–Crippen LogP) is 2.24. The molecule has 0 unspecified atom stereocenters. The van der Waals surface area contributed by atoms with Crippen LogP contribution in [0.5, 0.6) is 0 Å². The van der Waals surface area contributed by atoms with Crippen LogP contribution in [0.25, 0.3) is 16.9 Å². The van der Waals surface area contributed by atoms with E-state index in [0.29, 0.717) is 11.6 Å². The Morgan fingerprint density at radius 2 is 2.09 bits per heavy atom. The summed E-state index contributed by atoms with van der Waals surface area (Å²) in [6, 6.07) is 13.3. The number of aliphatic hydroxyl groups is 1. The highest BCUT2D eigenvalue weighted by molar-refractivity contribution is 5.92. The van der Waals surface area contributed by atoms with Gasteiger partial charge in [0.15, 0.2) is 5.65 Å². The minimum Gasteiger partial charge on any atom is -0.392 e. The molecule has 1 saturated carbocycles. The Morgan fingerprint density at radius 1 is 1.26 bits per heavy atom. The van der Waals surface area contributed by atoms with E-state index in [9.17, 15) is 9.90 Å². The summed E-state index contributed by atoms with van der Waals surface area (Å²) >= 11 is 0. The molecule has 0 aliphatic heterocycles. The van der Waals surface area contributed by atoms with Gasteiger partial charge in [0.05, 0.1) is 12.3 Å². The van der Waals surface area contributed by atoms with Crippen molar-refractivity contribution in [2.75, 3.05) is 5.32 Å². The van der Waals surface area contributed by atoms with Crippen molar-refractivity contribution in [3.63, 3.8) is 0 Å². The lowest BCUT2D eigenvalue weighted by Gasteiger charge is -2.05. The second-order valence-electron chi connectivity index (χ2n) is 5.74. The third-order valence-electron chi connectivity index (χ3n) is 3.95. The molecule has 2 heterocycles. The summed E-state index contributed by atoms with van der Waals surface area (Å²) in [5.74, 6) is 0.430. The number of aromatic nitrogens is 3. The van der Waals surface area contributed by atoms with Crippen molar-refractivity contribution in [1.82, 2.24) is 14.6 Å². The van der Waals surface area contributed by atoms with E-state index in [2.05, 4.69) is 15.4 Å². The van der Waals surface area contributed by atoms with Crippen LogP contribution in [0.15, 0.2) is 42.5 Å². The SMILES string of the molecule is O=C(Nc1nc2cccc(-c3cccc(CO)c3)n2n1)C1CC1. The Labute approximate surface area is 132 Å². The Morgan fingerprint density at radius 3 is 2.87 bits per heavy atom. The minimum atomic E-state index is -0.0101. The molecule has 0 bridgehead atoms. The maximum absolute atomic E-state index is 11.9. The fourth-order valence-corrected chi connectivity index (χ4v) is 2.56. The number of fused-ring (bicyclic) bond motifs is 1. The lowest BCUT2D eigenvalue weighted by Crippen LogP contribution is -2.14. The maximum Gasteiger partial charge on any atom is 0.249 e. The van der Waals surface area contributed by atoms with E-state index in [1.54, 1.807) is 4.52 Å². The van der Waals surface area contributed by atoms with E-state index in [-0.39, 0.29) is 18.4 Å². The molecule has 0 radical (unpaired) electrons. The molecule has 0 spiro atoms. The lowest BCUT2D eigenvalue weighted by molar-refractivity contribution is -0.117. The molecule has 4 rings (SSSR count). The number of carbonyl (C=O) groups is 1. The number of nitrogens with zero attached hydrogens (tertiary/aromatic N) is 3. The largest absolute Gasteiger partial charge is 0.392 e. The van der Waals surface area contributed by atoms with Crippen LogP contribution in [0.1, 0.15) is 18.4 Å². The normalized spacial score (nSPS) is 14.1. The number of rotatable bonds is 4. The van der Waals surface area contributed by atoms with Gasteiger partial charge in [0.2, 0.25) is 11.9 Å². The monoisotopic (exact) mass is 308 g/mol. The van der Waals surface area contributed by atoms with Crippen LogP contribution in [0.4, 0.5) is 5.95 Å². The van der Waals surface area contributed by atoms with Gasteiger partial charge in [-0.1, -0.05) is 24.3 Å². The molecule has 0 atom stereocenters. The van der Waals surface area contributed by atoms with Crippen LogP contribution in [-0.4, -0.2) is 25.6 Å². The second kappa shape index (κ2) is 5.48. The summed E-state index contributed by atoms with van der Waals surface area (Å²) in [5.41, 5.74) is 3.30. The van der Waals surface area contributed by atoms with Gasteiger partial charge >= 0.3 is 0 Å². The van der Waals surface area contributed by atoms with Crippen LogP contribution >= 0.6 is 0 Å². The highest BCUT2D eigenvalue weighted by Gasteiger charge is 2.30. The van der Waals surface area contributed by atoms with Gasteiger partial charge in [0.25, 0.3) is 0 Å². The molecule has 6 heteroatoms. The summed E-state index contributed by atoms with van der Waals surface area (Å²) in [5, 5.41) is 16.5. The summed E-state index contributed by atoms with van der Waals surface area (Å²) in [7, 11) is 0. The minimum absolute atomic E-state index is 0.00951. The van der Waals surface area contributed by atoms with Gasteiger partial charge in [0.1, 0.15) is 0 Å². The predicted molar refractivity (Wildman–Crippen MR) is 85.7 cm³/mol. The standard InChI is InChI=1S/C17H16N4O2/c22-10-11-3-1-4-13(9-11)14-5-2-6-15-18-17(20-21(14)15)19-16(23)12-7-8-12/h1-6,9,12,22H,7-8,10H2,(H,19,20,23). The average Bonchev–Trinajstić information content (AvgIpc) is 3.35. The van der Waals surface area contributed by atoms with E-state index in [0.717, 1.165) is 29.7 Å². The second-order valence-corrected chi connectivity index (χ2v) is 5.74. The average molecular weight is 308 g/mol. The first-order chi connectivity index (χ1) is 11.2. The number of hydrogen-bond donors (Lipinski definition) is 2. The van der Waals surface area contributed by atoms with E-state index in [1.165, 1.54) is 0 Å². The number of benzene rings is 1. The summed E-state index contributed by atoms with van der Waals surface area (Å²) in [6.45, 7) is -0.0101. The molecule has 1 aliphatic rings. The Balaban J connectivity index is 1.74. The molecule has 1 fully saturated rings. The van der Waals surface area contributed by atoms with Crippen molar-refractivity contribution in [1.29, 1.82) is 0 Å². The summed E-state index contributed by atoms with van der Waals surface area (Å²) < 4.78 is 1.71. The van der Waals surface area contributed by atoms with Gasteiger partial charge in [-0.3, -0.25) is 10.1 Å². The molecule has 1 amide bonds. The van der Waals surface area contributed by atoms with Crippen LogP contribution in [-0.2, 0) is 11.4 Å². The molecule has 116 valence electrons. The van der Waals surface area contributed by atoms with Gasteiger partial charge in [-0.05, 0) is 36.6 Å². The topological polar surface area (TPSA) is 79.5 Å². The third-order valence-corrected chi connectivity index (χ3v) is 3.95. The number of carbonyl (C=O) groups excluding carboxylic acids is 1. The maximum atomic E-state index is 11.9. The molecule has 1 aliphatic carbocycles. The third kappa shape index (κ3) is 2.68. The van der Waals surface area contributed by atoms with E-state index >= 15 is 0 Å². The zero-order valence-corrected chi connectivity index (χ0v) is 12.4. The Bertz CT molecular complexity index is 883. The van der Waals surface area contributed by atoms with Gasteiger partial charge in [-0.15, -0.1) is 5.10 Å². The molecule has 23 heavy (non-hydrogen) atoms. The van der Waals surface area contributed by atoms with Crippen molar-refractivity contribution < 1.29 is 9.90 Å². The Hall–Kier alpha value is -2.73. The summed E-state index contributed by atoms with van der Waals surface area (Å²) in [6.07, 6.45) is 1.89. The quantitative estimate of drug-likeness (QED) is 0.774. The fourth-order valence-electron chi connectivity index (χ4n) is 2.56. The van der Waals surface area contributed by atoms with Gasteiger partial charge in [-0.2, -0.15) is 4.98 Å². The van der Waals surface area contributed by atoms with E-state index < -0.39 is 0 Å². The zero-order valence-electron chi connectivity index (χ0n) is 12.4. The van der Waals surface area contributed by atoms with Crippen molar-refractivity contribution in [3.05, 3.63) is 48.0 Å². The van der Waals surface area contributed by atoms with Crippen molar-refractivity contribution in [2.24, 2.45) is 5.92 Å². The van der Waals surface area contributed by atoms with E-state index in [4.69, 9.17) is 0 Å². The highest BCUT2D eigenvalue weighted by Crippen LogP contribution is 2.30. The van der Waals surface area contributed by atoms with Crippen molar-refractivity contribution in [3.8, 4) is 11.3 Å². The first-order valence-electron chi connectivity index (χ1n) is 7.61. The molecule has 2 N–H and O–H groups in total. The summed E-state index contributed by atoms with van der Waals surface area (Å²) in [4.78, 5) is 16.2. The molecule has 0 saturated heterocycles. The first kappa shape index (κ1) is 13.9. The van der Waals surface area contributed by atoms with Crippen LogP contribution < -0.4 is 5.32 Å². The molecule has 1 aromatic carbocycles.